The van der Waals surface area contributed by atoms with E-state index in [-0.39, 0.29) is 17.9 Å². The van der Waals surface area contributed by atoms with Crippen molar-refractivity contribution in [2.24, 2.45) is 0 Å². The van der Waals surface area contributed by atoms with Gasteiger partial charge < -0.3 is 15.4 Å². The van der Waals surface area contributed by atoms with Gasteiger partial charge in [-0.15, -0.1) is 0 Å². The van der Waals surface area contributed by atoms with Gasteiger partial charge in [-0.3, -0.25) is 9.59 Å². The first-order valence-electron chi connectivity index (χ1n) is 8.76. The summed E-state index contributed by atoms with van der Waals surface area (Å²) in [7, 11) is 0. The lowest BCUT2D eigenvalue weighted by atomic mass is 10.2. The minimum Gasteiger partial charge on any atom is -0.475 e. The number of carbonyl (C=O) groups is 2. The average Bonchev–Trinajstić information content (AvgIpc) is 2.64. The van der Waals surface area contributed by atoms with Gasteiger partial charge in [0.05, 0.1) is 6.10 Å². The lowest BCUT2D eigenvalue weighted by molar-refractivity contribution is -0.121. The molecule has 0 aliphatic carbocycles. The number of nitrogens with zero attached hydrogens (tertiary/aromatic N) is 1. The van der Waals surface area contributed by atoms with Crippen LogP contribution in [0.4, 0.5) is 0 Å². The molecule has 6 nitrogen and oxygen atoms in total. The Morgan fingerprint density at radius 2 is 1.85 bits per heavy atom. The predicted molar refractivity (Wildman–Crippen MR) is 99.9 cm³/mol. The number of nitrogens with one attached hydrogen (secondary N) is 2. The Balaban J connectivity index is 1.69. The van der Waals surface area contributed by atoms with Crippen LogP contribution in [0.3, 0.4) is 0 Å². The molecule has 0 aliphatic heterocycles. The molecule has 0 saturated carbocycles. The molecule has 1 aromatic heterocycles. The van der Waals surface area contributed by atoms with Crippen LogP contribution < -0.4 is 15.4 Å². The molecule has 0 bridgehead atoms. The maximum absolute atomic E-state index is 12.0. The summed E-state index contributed by atoms with van der Waals surface area (Å²) in [6.45, 7) is 4.68. The van der Waals surface area contributed by atoms with Gasteiger partial charge in [0.25, 0.3) is 5.91 Å². The molecule has 0 fully saturated rings. The van der Waals surface area contributed by atoms with Crippen LogP contribution in [-0.4, -0.2) is 29.4 Å². The van der Waals surface area contributed by atoms with Crippen LogP contribution in [0.5, 0.6) is 5.88 Å². The molecule has 0 spiro atoms. The molecule has 1 heterocycles. The molecule has 0 aliphatic rings. The smallest absolute Gasteiger partial charge is 0.251 e. The molecule has 2 amide bonds. The van der Waals surface area contributed by atoms with Crippen molar-refractivity contribution >= 4 is 11.8 Å². The number of ether oxygens (including phenoxy) is 1. The number of rotatable bonds is 9. The van der Waals surface area contributed by atoms with Crippen molar-refractivity contribution < 1.29 is 14.3 Å². The van der Waals surface area contributed by atoms with Crippen LogP contribution in [0.15, 0.2) is 48.7 Å². The van der Waals surface area contributed by atoms with Gasteiger partial charge in [-0.25, -0.2) is 4.98 Å². The molecule has 138 valence electrons. The number of pyridine rings is 1. The predicted octanol–water partition coefficient (Wildman–Crippen LogP) is 2.70. The van der Waals surface area contributed by atoms with E-state index in [4.69, 9.17) is 4.74 Å². The zero-order valence-electron chi connectivity index (χ0n) is 15.2. The van der Waals surface area contributed by atoms with Crippen molar-refractivity contribution in [2.75, 3.05) is 6.54 Å². The third-order valence-corrected chi connectivity index (χ3v) is 3.58. The van der Waals surface area contributed by atoms with Crippen LogP contribution in [0, 0.1) is 0 Å². The first-order chi connectivity index (χ1) is 12.6. The zero-order valence-corrected chi connectivity index (χ0v) is 15.2. The number of hydrogen-bond acceptors (Lipinski definition) is 4. The van der Waals surface area contributed by atoms with Crippen LogP contribution in [0.25, 0.3) is 0 Å². The van der Waals surface area contributed by atoms with E-state index in [9.17, 15) is 9.59 Å². The largest absolute Gasteiger partial charge is 0.475 e. The van der Waals surface area contributed by atoms with E-state index in [1.165, 1.54) is 0 Å². The summed E-state index contributed by atoms with van der Waals surface area (Å²) in [4.78, 5) is 28.1. The van der Waals surface area contributed by atoms with E-state index in [1.54, 1.807) is 18.3 Å². The number of benzene rings is 1. The monoisotopic (exact) mass is 355 g/mol. The van der Waals surface area contributed by atoms with Crippen LogP contribution >= 0.6 is 0 Å². The molecule has 0 unspecified atom stereocenters. The molecule has 0 saturated heterocycles. The number of amides is 2. The quantitative estimate of drug-likeness (QED) is 0.678. The van der Waals surface area contributed by atoms with Gasteiger partial charge in [0, 0.05) is 36.8 Å². The lowest BCUT2D eigenvalue weighted by Crippen LogP contribution is -2.27. The summed E-state index contributed by atoms with van der Waals surface area (Å²) < 4.78 is 5.63. The Labute approximate surface area is 154 Å². The summed E-state index contributed by atoms with van der Waals surface area (Å²) in [5.74, 6) is 0.341. The second-order valence-corrected chi connectivity index (χ2v) is 6.14. The highest BCUT2D eigenvalue weighted by Gasteiger charge is 2.09. The summed E-state index contributed by atoms with van der Waals surface area (Å²) in [5, 5.41) is 5.67. The maximum Gasteiger partial charge on any atom is 0.251 e. The van der Waals surface area contributed by atoms with Gasteiger partial charge in [-0.1, -0.05) is 24.3 Å². The van der Waals surface area contributed by atoms with Crippen molar-refractivity contribution in [3.63, 3.8) is 0 Å². The summed E-state index contributed by atoms with van der Waals surface area (Å²) in [6.07, 6.45) is 2.61. The molecular formula is C20H25N3O3. The molecule has 26 heavy (non-hydrogen) atoms. The zero-order chi connectivity index (χ0) is 18.8. The van der Waals surface area contributed by atoms with Gasteiger partial charge in [-0.05, 0) is 38.5 Å². The molecule has 0 atom stereocenters. The number of aromatic nitrogens is 1. The Bertz CT molecular complexity index is 717. The molecule has 2 N–H and O–H groups in total. The van der Waals surface area contributed by atoms with E-state index in [0.717, 1.165) is 5.56 Å². The molecule has 2 rings (SSSR count). The van der Waals surface area contributed by atoms with Gasteiger partial charge >= 0.3 is 0 Å². The van der Waals surface area contributed by atoms with Crippen LogP contribution in [0.1, 0.15) is 42.6 Å². The van der Waals surface area contributed by atoms with Crippen molar-refractivity contribution in [3.05, 3.63) is 59.8 Å². The molecule has 2 aromatic rings. The number of hydrogen-bond donors (Lipinski definition) is 2. The van der Waals surface area contributed by atoms with E-state index < -0.39 is 0 Å². The van der Waals surface area contributed by atoms with E-state index >= 15 is 0 Å². The van der Waals surface area contributed by atoms with Gasteiger partial charge in [0.15, 0.2) is 0 Å². The van der Waals surface area contributed by atoms with Crippen molar-refractivity contribution in [1.29, 1.82) is 0 Å². The van der Waals surface area contributed by atoms with Crippen molar-refractivity contribution in [2.45, 2.75) is 39.3 Å². The van der Waals surface area contributed by atoms with Crippen LogP contribution in [0.2, 0.25) is 0 Å². The number of carbonyl (C=O) groups excluding carboxylic acids is 2. The molecule has 1 aromatic carbocycles. The second-order valence-electron chi connectivity index (χ2n) is 6.14. The Morgan fingerprint density at radius 1 is 1.08 bits per heavy atom. The molecular weight excluding hydrogens is 330 g/mol. The Morgan fingerprint density at radius 3 is 2.58 bits per heavy atom. The fourth-order valence-corrected chi connectivity index (χ4v) is 2.31. The fourth-order valence-electron chi connectivity index (χ4n) is 2.31. The molecule has 0 radical (unpaired) electrons. The molecule has 6 heteroatoms. The summed E-state index contributed by atoms with van der Waals surface area (Å²) >= 11 is 0. The highest BCUT2D eigenvalue weighted by molar-refractivity contribution is 5.94. The average molecular weight is 355 g/mol. The third-order valence-electron chi connectivity index (χ3n) is 3.58. The topological polar surface area (TPSA) is 80.3 Å². The highest BCUT2D eigenvalue weighted by atomic mass is 16.5. The summed E-state index contributed by atoms with van der Waals surface area (Å²) in [6, 6.07) is 12.7. The fraction of sp³-hybridized carbons (Fsp3) is 0.350. The van der Waals surface area contributed by atoms with Gasteiger partial charge in [-0.2, -0.15) is 0 Å². The van der Waals surface area contributed by atoms with Crippen LogP contribution in [-0.2, 0) is 11.3 Å². The SMILES string of the molecule is CC(C)Oc1ncccc1CNC(=O)CCCNC(=O)c1ccccc1. The highest BCUT2D eigenvalue weighted by Crippen LogP contribution is 2.15. The van der Waals surface area contributed by atoms with Gasteiger partial charge in [0.2, 0.25) is 11.8 Å². The van der Waals surface area contributed by atoms with Crippen molar-refractivity contribution in [3.8, 4) is 5.88 Å². The van der Waals surface area contributed by atoms with E-state index in [1.807, 2.05) is 44.2 Å². The lowest BCUT2D eigenvalue weighted by Gasteiger charge is -2.13. The first kappa shape index (κ1) is 19.4. The Kier molecular flexibility index (Phi) is 7.61. The minimum atomic E-state index is -0.128. The summed E-state index contributed by atoms with van der Waals surface area (Å²) in [5.41, 5.74) is 1.46. The normalized spacial score (nSPS) is 10.4. The minimum absolute atomic E-state index is 0.0209. The second kappa shape index (κ2) is 10.2. The Hall–Kier alpha value is -2.89. The van der Waals surface area contributed by atoms with E-state index in [2.05, 4.69) is 15.6 Å². The maximum atomic E-state index is 12.0. The third kappa shape index (κ3) is 6.55. The van der Waals surface area contributed by atoms with Crippen molar-refractivity contribution in [1.82, 2.24) is 15.6 Å². The van der Waals surface area contributed by atoms with Gasteiger partial charge in [0.1, 0.15) is 0 Å². The first-order valence-corrected chi connectivity index (χ1v) is 8.76. The van der Waals surface area contributed by atoms with E-state index in [0.29, 0.717) is 37.4 Å². The standard InChI is InChI=1S/C20H25N3O3/c1-15(2)26-20-17(10-6-13-22-20)14-23-18(24)11-7-12-21-19(25)16-8-4-3-5-9-16/h3-6,8-10,13,15H,7,11-12,14H2,1-2H3,(H,21,25)(H,23,24).